The molecule has 2 heterocycles. The average molecular weight is 843 g/mol. The number of carbonyl (C=O) groups is 1. The molecule has 2 fully saturated rings. The number of fused-ring (bicyclic) bond motifs is 4. The summed E-state index contributed by atoms with van der Waals surface area (Å²) >= 11 is 0. The Labute approximate surface area is 363 Å². The third-order valence-corrected chi connectivity index (χ3v) is 13.3. The summed E-state index contributed by atoms with van der Waals surface area (Å²) in [5.74, 6) is 1.67. The molecule has 0 unspecified atom stereocenters. The third kappa shape index (κ3) is 8.30. The summed E-state index contributed by atoms with van der Waals surface area (Å²) in [6, 6.07) is 25.7. The van der Waals surface area contributed by atoms with Gasteiger partial charge in [0.25, 0.3) is 0 Å². The molecule has 4 aromatic carbocycles. The number of hydrogen-bond acceptors (Lipinski definition) is 10. The molecule has 1 amide bonds. The highest BCUT2D eigenvalue weighted by Crippen LogP contribution is 2.62. The second-order valence-electron chi connectivity index (χ2n) is 17.2. The van der Waals surface area contributed by atoms with Crippen molar-refractivity contribution in [1.29, 1.82) is 0 Å². The van der Waals surface area contributed by atoms with Crippen molar-refractivity contribution >= 4 is 22.4 Å². The molecular weight excluding hydrogens is 785 g/mol. The first-order valence-corrected chi connectivity index (χ1v) is 22.5. The maximum atomic E-state index is 14.9. The number of carbonyl (C=O) groups excluding carboxylic acids is 1. The number of ether oxygens (including phenoxy) is 5. The second-order valence-corrected chi connectivity index (χ2v) is 17.2. The highest BCUT2D eigenvalue weighted by Gasteiger charge is 2.66. The molecule has 62 heavy (non-hydrogen) atoms. The Morgan fingerprint density at radius 3 is 2.45 bits per heavy atom. The molecule has 9 rings (SSSR count). The Kier molecular flexibility index (Phi) is 12.6. The van der Waals surface area contributed by atoms with Crippen LogP contribution in [0.15, 0.2) is 108 Å². The van der Waals surface area contributed by atoms with Gasteiger partial charge in [0.05, 0.1) is 18.2 Å². The number of benzene rings is 4. The van der Waals surface area contributed by atoms with E-state index >= 15 is 0 Å². The molecule has 0 aromatic heterocycles. The maximum absolute atomic E-state index is 14.9. The summed E-state index contributed by atoms with van der Waals surface area (Å²) in [7, 11) is 0. The van der Waals surface area contributed by atoms with Crippen molar-refractivity contribution in [3.8, 4) is 28.7 Å². The standard InChI is InChI=1S/C51H58N2O9/c1-3-25-59-51-47(53(50(56)35-16-17-35)31-33-15-21-45-46(26-33)58-32-57-45)30-43(52-60-4-2)41-28-37(13-7-9-23-54)40(14-8-10-24-55)48(49(41)51)42-29-39(20-22-44(42)62-51)61-38-19-18-34-11-5-6-12-36(34)27-38/h3,5-6,11-12,15,18-22,26-29,35,37,40,47-49,54-55H,1,4,7-10,13-14,16-17,23-25,30-32H2,2H3/t37-,40+,47-,48+,49+,51+/m0/s1. The molecule has 0 radical (unpaired) electrons. The molecule has 2 saturated carbocycles. The molecule has 0 spiro atoms. The molecule has 3 aliphatic carbocycles. The van der Waals surface area contributed by atoms with Crippen LogP contribution in [0.25, 0.3) is 10.8 Å². The number of hydrogen-bond donors (Lipinski definition) is 2. The Balaban J connectivity index is 1.22. The number of nitrogens with zero attached hydrogens (tertiary/aromatic N) is 2. The van der Waals surface area contributed by atoms with Crippen molar-refractivity contribution in [3.63, 3.8) is 0 Å². The molecular formula is C51H58N2O9. The van der Waals surface area contributed by atoms with Crippen LogP contribution in [0.5, 0.6) is 28.7 Å². The summed E-state index contributed by atoms with van der Waals surface area (Å²) in [6.45, 7) is 7.27. The molecule has 6 atom stereocenters. The highest BCUT2D eigenvalue weighted by molar-refractivity contribution is 6.03. The number of unbranched alkanes of at least 4 members (excludes halogenated alkanes) is 2. The normalized spacial score (nSPS) is 25.0. The second kappa shape index (κ2) is 18.5. The Morgan fingerprint density at radius 1 is 0.903 bits per heavy atom. The summed E-state index contributed by atoms with van der Waals surface area (Å²) < 4.78 is 32.7. The molecule has 5 aliphatic rings. The minimum Gasteiger partial charge on any atom is -0.459 e. The Hall–Kier alpha value is -5.36. The van der Waals surface area contributed by atoms with Gasteiger partial charge >= 0.3 is 0 Å². The van der Waals surface area contributed by atoms with Crippen molar-refractivity contribution in [3.05, 3.63) is 114 Å². The lowest BCUT2D eigenvalue weighted by molar-refractivity contribution is -0.258. The van der Waals surface area contributed by atoms with Crippen molar-refractivity contribution < 1.29 is 43.5 Å². The van der Waals surface area contributed by atoms with Crippen LogP contribution in [0.2, 0.25) is 0 Å². The van der Waals surface area contributed by atoms with E-state index in [9.17, 15) is 15.0 Å². The monoisotopic (exact) mass is 842 g/mol. The van der Waals surface area contributed by atoms with Crippen LogP contribution in [0.4, 0.5) is 0 Å². The van der Waals surface area contributed by atoms with E-state index in [2.05, 4.69) is 43.0 Å². The Morgan fingerprint density at radius 2 is 1.66 bits per heavy atom. The SMILES string of the molecule is C=CCO[C@@]12Oc3ccc(Oc4ccc5ccccc5c4)cc3[C@H]3[C@H](CCCCO)[C@@H](CCCCO)C=C(C(=NOCC)C[C@@H]1N(Cc1ccc4c(c1)OCO4)C(=O)C1CC1)[C@H]32. The number of aliphatic hydroxyl groups is 2. The molecule has 11 heteroatoms. The van der Waals surface area contributed by atoms with E-state index in [4.69, 9.17) is 33.7 Å². The first-order valence-electron chi connectivity index (χ1n) is 22.5. The zero-order valence-corrected chi connectivity index (χ0v) is 35.6. The van der Waals surface area contributed by atoms with Gasteiger partial charge in [-0.2, -0.15) is 0 Å². The molecule has 0 saturated heterocycles. The zero-order valence-electron chi connectivity index (χ0n) is 35.6. The van der Waals surface area contributed by atoms with Crippen molar-refractivity contribution in [2.24, 2.45) is 28.8 Å². The van der Waals surface area contributed by atoms with Gasteiger partial charge < -0.3 is 43.6 Å². The van der Waals surface area contributed by atoms with Gasteiger partial charge in [-0.1, -0.05) is 66.5 Å². The van der Waals surface area contributed by atoms with Crippen LogP contribution in [0.3, 0.4) is 0 Å². The van der Waals surface area contributed by atoms with Crippen LogP contribution < -0.4 is 18.9 Å². The Bertz CT molecular complexity index is 2320. The summed E-state index contributed by atoms with van der Waals surface area (Å²) in [5.41, 5.74) is 3.69. The van der Waals surface area contributed by atoms with E-state index in [1.807, 2.05) is 60.4 Å². The molecule has 2 aliphatic heterocycles. The molecule has 0 bridgehead atoms. The van der Waals surface area contributed by atoms with Gasteiger partial charge in [-0.15, -0.1) is 6.58 Å². The summed E-state index contributed by atoms with van der Waals surface area (Å²) in [6.07, 6.45) is 10.9. The topological polar surface area (TPSA) is 129 Å². The predicted molar refractivity (Wildman–Crippen MR) is 236 cm³/mol. The fourth-order valence-electron chi connectivity index (χ4n) is 10.4. The van der Waals surface area contributed by atoms with Crippen molar-refractivity contribution in [2.75, 3.05) is 33.2 Å². The van der Waals surface area contributed by atoms with Crippen LogP contribution in [-0.2, 0) is 20.9 Å². The van der Waals surface area contributed by atoms with Gasteiger partial charge in [0.1, 0.15) is 29.9 Å². The number of amides is 1. The van der Waals surface area contributed by atoms with E-state index in [1.165, 1.54) is 0 Å². The number of allylic oxidation sites excluding steroid dienone is 1. The first-order chi connectivity index (χ1) is 30.4. The van der Waals surface area contributed by atoms with Crippen LogP contribution >= 0.6 is 0 Å². The molecule has 4 aromatic rings. The van der Waals surface area contributed by atoms with Crippen LogP contribution in [0.1, 0.15) is 81.8 Å². The first kappa shape index (κ1) is 42.0. The van der Waals surface area contributed by atoms with E-state index in [1.54, 1.807) is 6.08 Å². The molecule has 326 valence electrons. The largest absolute Gasteiger partial charge is 0.459 e. The predicted octanol–water partition coefficient (Wildman–Crippen LogP) is 9.45. The van der Waals surface area contributed by atoms with Crippen LogP contribution in [-0.4, -0.2) is 71.8 Å². The van der Waals surface area contributed by atoms with E-state index in [-0.39, 0.29) is 56.2 Å². The van der Waals surface area contributed by atoms with Gasteiger partial charge in [-0.3, -0.25) is 4.79 Å². The lowest BCUT2D eigenvalue weighted by atomic mass is 9.55. The lowest BCUT2D eigenvalue weighted by Gasteiger charge is -2.60. The maximum Gasteiger partial charge on any atom is 0.239 e. The highest BCUT2D eigenvalue weighted by atomic mass is 16.7. The quantitative estimate of drug-likeness (QED) is 0.0539. The van der Waals surface area contributed by atoms with Gasteiger partial charge in [-0.05, 0) is 122 Å². The summed E-state index contributed by atoms with van der Waals surface area (Å²) in [4.78, 5) is 22.8. The number of oxime groups is 1. The van der Waals surface area contributed by atoms with Gasteiger partial charge in [0.2, 0.25) is 18.5 Å². The van der Waals surface area contributed by atoms with Gasteiger partial charge in [0.15, 0.2) is 11.5 Å². The fourth-order valence-corrected chi connectivity index (χ4v) is 10.4. The average Bonchev–Trinajstić information content (AvgIpc) is 4.04. The van der Waals surface area contributed by atoms with Crippen molar-refractivity contribution in [2.45, 2.75) is 89.0 Å². The zero-order chi connectivity index (χ0) is 42.6. The van der Waals surface area contributed by atoms with Crippen molar-refractivity contribution in [1.82, 2.24) is 4.90 Å². The number of rotatable bonds is 19. The van der Waals surface area contributed by atoms with E-state index in [0.29, 0.717) is 55.4 Å². The molecule has 11 nitrogen and oxygen atoms in total. The van der Waals surface area contributed by atoms with Gasteiger partial charge in [0, 0.05) is 43.6 Å². The number of aliphatic hydroxyl groups excluding tert-OH is 2. The van der Waals surface area contributed by atoms with E-state index in [0.717, 1.165) is 77.5 Å². The smallest absolute Gasteiger partial charge is 0.239 e. The summed E-state index contributed by atoms with van der Waals surface area (Å²) in [5, 5.41) is 27.0. The minimum absolute atomic E-state index is 0.0553. The third-order valence-electron chi connectivity index (χ3n) is 13.3. The molecule has 2 N–H and O–H groups in total. The van der Waals surface area contributed by atoms with Crippen LogP contribution in [0, 0.1) is 23.7 Å². The fraction of sp³-hybridized carbons (Fsp3) is 0.451. The minimum atomic E-state index is -1.35. The van der Waals surface area contributed by atoms with E-state index < -0.39 is 17.7 Å². The lowest BCUT2D eigenvalue weighted by Crippen LogP contribution is -2.70. The van der Waals surface area contributed by atoms with Gasteiger partial charge in [-0.25, -0.2) is 0 Å².